The van der Waals surface area contributed by atoms with Crippen LogP contribution in [0.1, 0.15) is 18.9 Å². The Morgan fingerprint density at radius 2 is 2.53 bits per heavy atom. The van der Waals surface area contributed by atoms with Crippen molar-refractivity contribution in [2.45, 2.75) is 26.0 Å². The average Bonchev–Trinajstić information content (AvgIpc) is 2.68. The van der Waals surface area contributed by atoms with Crippen LogP contribution in [0.5, 0.6) is 0 Å². The predicted molar refractivity (Wildman–Crippen MR) is 59.3 cm³/mol. The van der Waals surface area contributed by atoms with E-state index in [0.717, 1.165) is 26.1 Å². The molecular weight excluding hydrogens is 188 g/mol. The molecule has 2 atom stereocenters. The molecule has 1 aromatic heterocycles. The lowest BCUT2D eigenvalue weighted by atomic mass is 10.0. The zero-order valence-electron chi connectivity index (χ0n) is 9.13. The molecule has 1 aliphatic heterocycles. The van der Waals surface area contributed by atoms with Crippen molar-refractivity contribution in [3.05, 3.63) is 30.1 Å². The minimum absolute atomic E-state index is 0.177. The molecule has 2 heterocycles. The van der Waals surface area contributed by atoms with E-state index in [1.165, 1.54) is 5.56 Å². The molecular formula is C12H18N2O. The zero-order chi connectivity index (χ0) is 10.7. The molecule has 1 fully saturated rings. The van der Waals surface area contributed by atoms with E-state index in [-0.39, 0.29) is 6.10 Å². The van der Waals surface area contributed by atoms with Gasteiger partial charge in [0.05, 0.1) is 6.10 Å². The first-order valence-corrected chi connectivity index (χ1v) is 5.55. The van der Waals surface area contributed by atoms with E-state index in [1.807, 2.05) is 19.2 Å². The van der Waals surface area contributed by atoms with Gasteiger partial charge in [0.2, 0.25) is 0 Å². The normalized spacial score (nSPS) is 24.3. The van der Waals surface area contributed by atoms with Crippen molar-refractivity contribution in [3.63, 3.8) is 0 Å². The summed E-state index contributed by atoms with van der Waals surface area (Å²) in [4.78, 5) is 6.49. The van der Waals surface area contributed by atoms with Crippen LogP contribution in [-0.2, 0) is 6.54 Å². The summed E-state index contributed by atoms with van der Waals surface area (Å²) in [6, 6.07) is 4.07. The second-order valence-electron chi connectivity index (χ2n) is 4.39. The van der Waals surface area contributed by atoms with Gasteiger partial charge in [-0.05, 0) is 37.4 Å². The van der Waals surface area contributed by atoms with Crippen molar-refractivity contribution >= 4 is 0 Å². The number of hydrogen-bond donors (Lipinski definition) is 1. The second kappa shape index (κ2) is 4.73. The van der Waals surface area contributed by atoms with Gasteiger partial charge in [0, 0.05) is 25.5 Å². The molecule has 0 radical (unpaired) electrons. The molecule has 0 saturated carbocycles. The molecule has 82 valence electrons. The fraction of sp³-hybridized carbons (Fsp3) is 0.583. The SMILES string of the molecule is C[C@@H](O)C1CCN(Cc2cccnc2)C1. The molecule has 1 N–H and O–H groups in total. The third-order valence-electron chi connectivity index (χ3n) is 3.12. The molecule has 0 amide bonds. The fourth-order valence-corrected chi connectivity index (χ4v) is 2.15. The van der Waals surface area contributed by atoms with Crippen molar-refractivity contribution in [1.82, 2.24) is 9.88 Å². The largest absolute Gasteiger partial charge is 0.393 e. The van der Waals surface area contributed by atoms with Crippen LogP contribution in [0.3, 0.4) is 0 Å². The molecule has 1 aromatic rings. The van der Waals surface area contributed by atoms with Gasteiger partial charge in [0.1, 0.15) is 0 Å². The van der Waals surface area contributed by atoms with Crippen molar-refractivity contribution in [2.75, 3.05) is 13.1 Å². The van der Waals surface area contributed by atoms with Crippen LogP contribution in [0.15, 0.2) is 24.5 Å². The molecule has 3 heteroatoms. The van der Waals surface area contributed by atoms with Crippen molar-refractivity contribution in [1.29, 1.82) is 0 Å². The number of pyridine rings is 1. The molecule has 0 aromatic carbocycles. The van der Waals surface area contributed by atoms with Gasteiger partial charge in [0.15, 0.2) is 0 Å². The average molecular weight is 206 g/mol. The van der Waals surface area contributed by atoms with E-state index in [9.17, 15) is 5.11 Å². The molecule has 1 aliphatic rings. The van der Waals surface area contributed by atoms with Gasteiger partial charge in [-0.25, -0.2) is 0 Å². The van der Waals surface area contributed by atoms with E-state index in [0.29, 0.717) is 5.92 Å². The maximum absolute atomic E-state index is 9.50. The van der Waals surface area contributed by atoms with Crippen molar-refractivity contribution in [2.24, 2.45) is 5.92 Å². The Labute approximate surface area is 90.8 Å². The molecule has 1 unspecified atom stereocenters. The summed E-state index contributed by atoms with van der Waals surface area (Å²) in [7, 11) is 0. The number of rotatable bonds is 3. The van der Waals surface area contributed by atoms with Gasteiger partial charge in [-0.2, -0.15) is 0 Å². The number of aliphatic hydroxyl groups excluding tert-OH is 1. The molecule has 0 bridgehead atoms. The number of aromatic nitrogens is 1. The highest BCUT2D eigenvalue weighted by Gasteiger charge is 2.25. The van der Waals surface area contributed by atoms with E-state index >= 15 is 0 Å². The first-order chi connectivity index (χ1) is 7.25. The van der Waals surface area contributed by atoms with Gasteiger partial charge < -0.3 is 5.11 Å². The van der Waals surface area contributed by atoms with Crippen LogP contribution in [0.4, 0.5) is 0 Å². The summed E-state index contributed by atoms with van der Waals surface area (Å²) < 4.78 is 0. The van der Waals surface area contributed by atoms with Crippen molar-refractivity contribution in [3.8, 4) is 0 Å². The predicted octanol–water partition coefficient (Wildman–Crippen LogP) is 1.28. The van der Waals surface area contributed by atoms with E-state index in [1.54, 1.807) is 6.20 Å². The number of nitrogens with zero attached hydrogens (tertiary/aromatic N) is 2. The Balaban J connectivity index is 1.88. The van der Waals surface area contributed by atoms with Crippen LogP contribution < -0.4 is 0 Å². The van der Waals surface area contributed by atoms with Gasteiger partial charge in [-0.3, -0.25) is 9.88 Å². The standard InChI is InChI=1S/C12H18N2O/c1-10(15)12-4-6-14(9-12)8-11-3-2-5-13-7-11/h2-3,5,7,10,12,15H,4,6,8-9H2,1H3/t10-,12?/m1/s1. The summed E-state index contributed by atoms with van der Waals surface area (Å²) >= 11 is 0. The quantitative estimate of drug-likeness (QED) is 0.809. The number of aliphatic hydroxyl groups is 1. The van der Waals surface area contributed by atoms with Crippen LogP contribution in [0.25, 0.3) is 0 Å². The third-order valence-corrected chi connectivity index (χ3v) is 3.12. The fourth-order valence-electron chi connectivity index (χ4n) is 2.15. The number of hydrogen-bond acceptors (Lipinski definition) is 3. The smallest absolute Gasteiger partial charge is 0.0552 e. The maximum Gasteiger partial charge on any atom is 0.0552 e. The first-order valence-electron chi connectivity index (χ1n) is 5.55. The Morgan fingerprint density at radius 1 is 1.67 bits per heavy atom. The summed E-state index contributed by atoms with van der Waals surface area (Å²) in [6.45, 7) is 4.94. The van der Waals surface area contributed by atoms with E-state index in [2.05, 4.69) is 16.0 Å². The zero-order valence-corrected chi connectivity index (χ0v) is 9.13. The monoisotopic (exact) mass is 206 g/mol. The van der Waals surface area contributed by atoms with Crippen LogP contribution in [0, 0.1) is 5.92 Å². The van der Waals surface area contributed by atoms with Gasteiger partial charge >= 0.3 is 0 Å². The Kier molecular flexibility index (Phi) is 3.34. The maximum atomic E-state index is 9.50. The highest BCUT2D eigenvalue weighted by molar-refractivity contribution is 5.08. The Hall–Kier alpha value is -0.930. The molecule has 3 nitrogen and oxygen atoms in total. The summed E-state index contributed by atoms with van der Waals surface area (Å²) in [5.74, 6) is 0.446. The lowest BCUT2D eigenvalue weighted by Crippen LogP contribution is -2.23. The van der Waals surface area contributed by atoms with Gasteiger partial charge in [-0.15, -0.1) is 0 Å². The Morgan fingerprint density at radius 3 is 3.13 bits per heavy atom. The van der Waals surface area contributed by atoms with E-state index in [4.69, 9.17) is 0 Å². The van der Waals surface area contributed by atoms with E-state index < -0.39 is 0 Å². The topological polar surface area (TPSA) is 36.4 Å². The highest BCUT2D eigenvalue weighted by atomic mass is 16.3. The van der Waals surface area contributed by atoms with Crippen molar-refractivity contribution < 1.29 is 5.11 Å². The van der Waals surface area contributed by atoms with Gasteiger partial charge in [0.25, 0.3) is 0 Å². The molecule has 0 spiro atoms. The summed E-state index contributed by atoms with van der Waals surface area (Å²) in [5.41, 5.74) is 1.25. The highest BCUT2D eigenvalue weighted by Crippen LogP contribution is 2.21. The molecule has 1 saturated heterocycles. The summed E-state index contributed by atoms with van der Waals surface area (Å²) in [6.07, 6.45) is 4.64. The first kappa shape index (κ1) is 10.6. The Bertz CT molecular complexity index is 300. The summed E-state index contributed by atoms with van der Waals surface area (Å²) in [5, 5.41) is 9.50. The molecule has 0 aliphatic carbocycles. The minimum atomic E-state index is -0.177. The van der Waals surface area contributed by atoms with Crippen LogP contribution in [-0.4, -0.2) is 34.2 Å². The lowest BCUT2D eigenvalue weighted by molar-refractivity contribution is 0.127. The van der Waals surface area contributed by atoms with Crippen LogP contribution in [0.2, 0.25) is 0 Å². The third kappa shape index (κ3) is 2.76. The lowest BCUT2D eigenvalue weighted by Gasteiger charge is -2.17. The molecule has 15 heavy (non-hydrogen) atoms. The number of likely N-dealkylation sites (tertiary alicyclic amines) is 1. The van der Waals surface area contributed by atoms with Gasteiger partial charge in [-0.1, -0.05) is 6.07 Å². The van der Waals surface area contributed by atoms with Crippen LogP contribution >= 0.6 is 0 Å². The minimum Gasteiger partial charge on any atom is -0.393 e. The second-order valence-corrected chi connectivity index (χ2v) is 4.39. The molecule has 2 rings (SSSR count).